The number of anilines is 1. The van der Waals surface area contributed by atoms with E-state index in [-0.39, 0.29) is 12.0 Å². The Kier molecular flexibility index (Phi) is 4.33. The monoisotopic (exact) mass is 310 g/mol. The number of aromatic nitrogens is 1. The second-order valence-corrected chi connectivity index (χ2v) is 6.41. The van der Waals surface area contributed by atoms with E-state index in [0.717, 1.165) is 34.5 Å². The molecule has 1 N–H and O–H groups in total. The number of hydrogen-bond acceptors (Lipinski definition) is 3. The summed E-state index contributed by atoms with van der Waals surface area (Å²) in [7, 11) is 0. The molecule has 1 atom stereocenters. The molecule has 0 saturated carbocycles. The number of amides is 1. The van der Waals surface area contributed by atoms with Gasteiger partial charge in [0.05, 0.1) is 0 Å². The number of nitrogens with one attached hydrogen (secondary N) is 1. The normalized spacial score (nSPS) is 15.6. The van der Waals surface area contributed by atoms with Crippen molar-refractivity contribution in [3.05, 3.63) is 42.2 Å². The van der Waals surface area contributed by atoms with Crippen molar-refractivity contribution in [1.29, 1.82) is 0 Å². The van der Waals surface area contributed by atoms with Crippen molar-refractivity contribution in [1.82, 2.24) is 4.98 Å². The van der Waals surface area contributed by atoms with Gasteiger partial charge in [-0.1, -0.05) is 13.8 Å². The first-order chi connectivity index (χ1) is 11.0. The summed E-state index contributed by atoms with van der Waals surface area (Å²) in [6, 6.07) is 7.84. The minimum atomic E-state index is -0.0434. The number of hydrogen-bond donors (Lipinski definition) is 1. The van der Waals surface area contributed by atoms with Gasteiger partial charge in [0.25, 0.3) is 0 Å². The van der Waals surface area contributed by atoms with E-state index < -0.39 is 0 Å². The molecule has 0 bridgehead atoms. The number of benzene rings is 1. The Morgan fingerprint density at radius 1 is 1.30 bits per heavy atom. The quantitative estimate of drug-likeness (QED) is 0.899. The van der Waals surface area contributed by atoms with Gasteiger partial charge < -0.3 is 10.1 Å². The molecule has 23 heavy (non-hydrogen) atoms. The summed E-state index contributed by atoms with van der Waals surface area (Å²) in [5, 5.41) is 2.95. The Labute approximate surface area is 136 Å². The van der Waals surface area contributed by atoms with Crippen LogP contribution >= 0.6 is 0 Å². The molecule has 2 aromatic rings. The molecule has 4 heteroatoms. The maximum atomic E-state index is 12.0. The third-order valence-electron chi connectivity index (χ3n) is 4.10. The van der Waals surface area contributed by atoms with Crippen LogP contribution in [-0.4, -0.2) is 10.9 Å². The van der Waals surface area contributed by atoms with Gasteiger partial charge in [-0.2, -0.15) is 0 Å². The lowest BCUT2D eigenvalue weighted by molar-refractivity contribution is -0.116. The zero-order valence-corrected chi connectivity index (χ0v) is 13.8. The minimum absolute atomic E-state index is 0.0434. The summed E-state index contributed by atoms with van der Waals surface area (Å²) in [6.45, 7) is 6.25. The topological polar surface area (TPSA) is 51.2 Å². The van der Waals surface area contributed by atoms with E-state index in [1.807, 2.05) is 37.4 Å². The molecule has 1 aliphatic rings. The fourth-order valence-corrected chi connectivity index (χ4v) is 2.79. The molecule has 1 amide bonds. The van der Waals surface area contributed by atoms with Crippen LogP contribution in [0.5, 0.6) is 5.75 Å². The van der Waals surface area contributed by atoms with E-state index in [1.165, 1.54) is 0 Å². The molecule has 1 aromatic heterocycles. The zero-order chi connectivity index (χ0) is 16.4. The van der Waals surface area contributed by atoms with E-state index in [2.05, 4.69) is 24.1 Å². The van der Waals surface area contributed by atoms with Crippen molar-refractivity contribution in [3.63, 3.8) is 0 Å². The van der Waals surface area contributed by atoms with Crippen molar-refractivity contribution < 1.29 is 9.53 Å². The number of carbonyl (C=O) groups excluding carboxylic acids is 1. The van der Waals surface area contributed by atoms with Crippen LogP contribution in [-0.2, 0) is 4.79 Å². The lowest BCUT2D eigenvalue weighted by Gasteiger charge is -2.26. The maximum absolute atomic E-state index is 12.0. The van der Waals surface area contributed by atoms with Crippen LogP contribution < -0.4 is 10.1 Å². The van der Waals surface area contributed by atoms with Crippen molar-refractivity contribution in [2.75, 3.05) is 5.32 Å². The molecular weight excluding hydrogens is 288 g/mol. The predicted molar refractivity (Wildman–Crippen MR) is 91.4 cm³/mol. The molecule has 1 aliphatic heterocycles. The first-order valence-corrected chi connectivity index (χ1v) is 8.09. The summed E-state index contributed by atoms with van der Waals surface area (Å²) in [5.74, 6) is 1.38. The second-order valence-electron chi connectivity index (χ2n) is 6.41. The highest BCUT2D eigenvalue weighted by Crippen LogP contribution is 2.42. The Morgan fingerprint density at radius 3 is 2.91 bits per heavy atom. The molecule has 120 valence electrons. The van der Waals surface area contributed by atoms with Crippen LogP contribution in [0.4, 0.5) is 5.69 Å². The lowest BCUT2D eigenvalue weighted by atomic mass is 9.95. The van der Waals surface area contributed by atoms with Crippen LogP contribution in [0.1, 0.15) is 45.3 Å². The second kappa shape index (κ2) is 6.41. The molecule has 1 unspecified atom stereocenters. The first kappa shape index (κ1) is 15.5. The van der Waals surface area contributed by atoms with Crippen LogP contribution in [0.25, 0.3) is 11.1 Å². The number of carbonyl (C=O) groups is 1. The SMILES string of the molecule is CC(C)CCC(=O)Nc1ccc2c(c1)OC(C)c1cnccc1-2. The summed E-state index contributed by atoms with van der Waals surface area (Å²) in [5.41, 5.74) is 4.06. The molecule has 0 saturated heterocycles. The molecule has 3 rings (SSSR count). The van der Waals surface area contributed by atoms with Gasteiger partial charge in [-0.15, -0.1) is 0 Å². The molecule has 0 radical (unpaired) electrons. The molecule has 0 spiro atoms. The highest BCUT2D eigenvalue weighted by atomic mass is 16.5. The molecule has 4 nitrogen and oxygen atoms in total. The van der Waals surface area contributed by atoms with Crippen molar-refractivity contribution in [2.45, 2.75) is 39.7 Å². The largest absolute Gasteiger partial charge is 0.485 e. The van der Waals surface area contributed by atoms with Gasteiger partial charge in [-0.05, 0) is 43.0 Å². The standard InChI is InChI=1S/C19H22N2O2/c1-12(2)4-7-19(22)21-14-5-6-16-15-8-9-20-11-17(15)13(3)23-18(16)10-14/h5-6,8-13H,4,7H2,1-3H3,(H,21,22). The Bertz CT molecular complexity index is 725. The number of rotatable bonds is 4. The van der Waals surface area contributed by atoms with Gasteiger partial charge in [0.1, 0.15) is 11.9 Å². The summed E-state index contributed by atoms with van der Waals surface area (Å²) in [6.07, 6.45) is 5.04. The van der Waals surface area contributed by atoms with E-state index in [9.17, 15) is 4.79 Å². The third kappa shape index (κ3) is 3.36. The number of fused-ring (bicyclic) bond motifs is 3. The van der Waals surface area contributed by atoms with Gasteiger partial charge in [-0.25, -0.2) is 0 Å². The smallest absolute Gasteiger partial charge is 0.224 e. The average Bonchev–Trinajstić information content (AvgIpc) is 2.53. The summed E-state index contributed by atoms with van der Waals surface area (Å²) in [4.78, 5) is 16.2. The Hall–Kier alpha value is -2.36. The predicted octanol–water partition coefficient (Wildman–Crippen LogP) is 4.58. The van der Waals surface area contributed by atoms with E-state index in [0.29, 0.717) is 12.3 Å². The van der Waals surface area contributed by atoms with Gasteiger partial charge in [0, 0.05) is 41.7 Å². The van der Waals surface area contributed by atoms with Crippen molar-refractivity contribution in [2.24, 2.45) is 5.92 Å². The van der Waals surface area contributed by atoms with Gasteiger partial charge in [0.15, 0.2) is 0 Å². The highest BCUT2D eigenvalue weighted by molar-refractivity contribution is 5.91. The molecule has 0 fully saturated rings. The zero-order valence-electron chi connectivity index (χ0n) is 13.8. The van der Waals surface area contributed by atoms with Gasteiger partial charge in [-0.3, -0.25) is 9.78 Å². The lowest BCUT2D eigenvalue weighted by Crippen LogP contribution is -2.14. The fourth-order valence-electron chi connectivity index (χ4n) is 2.79. The van der Waals surface area contributed by atoms with Gasteiger partial charge in [0.2, 0.25) is 5.91 Å². The number of nitrogens with zero attached hydrogens (tertiary/aromatic N) is 1. The van der Waals surface area contributed by atoms with E-state index in [4.69, 9.17) is 4.74 Å². The third-order valence-corrected chi connectivity index (χ3v) is 4.10. The molecular formula is C19H22N2O2. The summed E-state index contributed by atoms with van der Waals surface area (Å²) < 4.78 is 5.99. The van der Waals surface area contributed by atoms with Crippen molar-refractivity contribution >= 4 is 11.6 Å². The molecule has 2 heterocycles. The molecule has 0 aliphatic carbocycles. The maximum Gasteiger partial charge on any atom is 0.224 e. The van der Waals surface area contributed by atoms with Crippen LogP contribution in [0.3, 0.4) is 0 Å². The fraction of sp³-hybridized carbons (Fsp3) is 0.368. The van der Waals surface area contributed by atoms with E-state index in [1.54, 1.807) is 6.20 Å². The van der Waals surface area contributed by atoms with Gasteiger partial charge >= 0.3 is 0 Å². The summed E-state index contributed by atoms with van der Waals surface area (Å²) >= 11 is 0. The van der Waals surface area contributed by atoms with Crippen LogP contribution in [0.2, 0.25) is 0 Å². The van der Waals surface area contributed by atoms with Crippen LogP contribution in [0, 0.1) is 5.92 Å². The number of ether oxygens (including phenoxy) is 1. The molecule has 1 aromatic carbocycles. The minimum Gasteiger partial charge on any atom is -0.485 e. The highest BCUT2D eigenvalue weighted by Gasteiger charge is 2.23. The van der Waals surface area contributed by atoms with Crippen molar-refractivity contribution in [3.8, 4) is 16.9 Å². The Morgan fingerprint density at radius 2 is 2.13 bits per heavy atom. The van der Waals surface area contributed by atoms with Crippen LogP contribution in [0.15, 0.2) is 36.7 Å². The van der Waals surface area contributed by atoms with E-state index >= 15 is 0 Å². The number of pyridine rings is 1. The average molecular weight is 310 g/mol. The first-order valence-electron chi connectivity index (χ1n) is 8.09. The Balaban J connectivity index is 1.81.